The second-order valence-electron chi connectivity index (χ2n) is 7.81. The van der Waals surface area contributed by atoms with Crippen LogP contribution in [0.2, 0.25) is 0 Å². The molecule has 8 heteroatoms. The van der Waals surface area contributed by atoms with Crippen molar-refractivity contribution < 1.29 is 18.0 Å². The van der Waals surface area contributed by atoms with E-state index in [0.29, 0.717) is 5.69 Å². The fraction of sp³-hybridized carbons (Fsp3) is 0.391. The lowest BCUT2D eigenvalue weighted by Gasteiger charge is -2.32. The molecule has 1 unspecified atom stereocenters. The highest BCUT2D eigenvalue weighted by Gasteiger charge is 2.30. The van der Waals surface area contributed by atoms with Gasteiger partial charge < -0.3 is 10.2 Å². The van der Waals surface area contributed by atoms with Crippen molar-refractivity contribution in [2.45, 2.75) is 40.3 Å². The number of rotatable bonds is 8. The van der Waals surface area contributed by atoms with E-state index in [1.807, 2.05) is 63.2 Å². The fourth-order valence-corrected chi connectivity index (χ4v) is 4.54. The van der Waals surface area contributed by atoms with Crippen LogP contribution in [0.15, 0.2) is 42.5 Å². The van der Waals surface area contributed by atoms with E-state index < -0.39 is 28.5 Å². The van der Waals surface area contributed by atoms with E-state index in [1.165, 1.54) is 11.9 Å². The van der Waals surface area contributed by atoms with Gasteiger partial charge in [-0.2, -0.15) is 0 Å². The Labute approximate surface area is 185 Å². The van der Waals surface area contributed by atoms with Crippen LogP contribution in [0.1, 0.15) is 29.2 Å². The highest BCUT2D eigenvalue weighted by atomic mass is 32.2. The molecular weight excluding hydrogens is 414 g/mol. The molecule has 2 rings (SSSR count). The maximum atomic E-state index is 13.4. The minimum Gasteiger partial charge on any atom is -0.357 e. The Morgan fingerprint density at radius 3 is 2.13 bits per heavy atom. The van der Waals surface area contributed by atoms with Crippen LogP contribution in [0.4, 0.5) is 5.69 Å². The number of hydrogen-bond acceptors (Lipinski definition) is 4. The fourth-order valence-electron chi connectivity index (χ4n) is 3.57. The monoisotopic (exact) mass is 445 g/mol. The van der Waals surface area contributed by atoms with Gasteiger partial charge in [-0.15, -0.1) is 0 Å². The molecule has 1 atom stereocenters. The molecule has 2 aromatic rings. The maximum Gasteiger partial charge on any atom is 0.244 e. The Hall–Kier alpha value is -2.87. The molecular formula is C23H31N3O4S. The Morgan fingerprint density at radius 1 is 1.03 bits per heavy atom. The average Bonchev–Trinajstić information content (AvgIpc) is 2.69. The number of aryl methyl sites for hydroxylation is 3. The number of hydrogen-bond donors (Lipinski definition) is 1. The summed E-state index contributed by atoms with van der Waals surface area (Å²) >= 11 is 0. The molecule has 0 saturated carbocycles. The van der Waals surface area contributed by atoms with Crippen molar-refractivity contribution in [1.29, 1.82) is 0 Å². The number of anilines is 1. The summed E-state index contributed by atoms with van der Waals surface area (Å²) in [5.41, 5.74) is 3.89. The van der Waals surface area contributed by atoms with Gasteiger partial charge in [-0.25, -0.2) is 8.42 Å². The Bertz CT molecular complexity index is 1050. The van der Waals surface area contributed by atoms with E-state index in [9.17, 15) is 18.0 Å². The predicted molar refractivity (Wildman–Crippen MR) is 123 cm³/mol. The van der Waals surface area contributed by atoms with Gasteiger partial charge in [0.25, 0.3) is 0 Å². The van der Waals surface area contributed by atoms with Crippen LogP contribution in [0, 0.1) is 20.8 Å². The molecule has 2 amide bonds. The third kappa shape index (κ3) is 6.07. The van der Waals surface area contributed by atoms with Crippen molar-refractivity contribution in [3.63, 3.8) is 0 Å². The van der Waals surface area contributed by atoms with Crippen LogP contribution in [0.3, 0.4) is 0 Å². The average molecular weight is 446 g/mol. The van der Waals surface area contributed by atoms with Crippen molar-refractivity contribution in [2.75, 3.05) is 24.2 Å². The normalized spacial score (nSPS) is 12.2. The zero-order chi connectivity index (χ0) is 23.3. The molecule has 0 radical (unpaired) electrons. The first kappa shape index (κ1) is 24.4. The second-order valence-corrected chi connectivity index (χ2v) is 9.72. The summed E-state index contributed by atoms with van der Waals surface area (Å²) in [6.45, 7) is 7.00. The predicted octanol–water partition coefficient (Wildman–Crippen LogP) is 2.54. The first-order valence-corrected chi connectivity index (χ1v) is 11.9. The van der Waals surface area contributed by atoms with Crippen molar-refractivity contribution in [3.05, 3.63) is 64.7 Å². The van der Waals surface area contributed by atoms with Crippen molar-refractivity contribution >= 4 is 27.5 Å². The molecule has 31 heavy (non-hydrogen) atoms. The lowest BCUT2D eigenvalue weighted by Crippen LogP contribution is -2.50. The molecule has 0 aliphatic carbocycles. The standard InChI is InChI=1S/C23H31N3O4S/c1-16-9-7-12-20(13-16)14-25(19(4)23(28)24-5)21(27)15-26(31(6,29)30)22-17(2)10-8-11-18(22)3/h7-13,19H,14-15H2,1-6H3,(H,24,28). The Kier molecular flexibility index (Phi) is 7.84. The smallest absolute Gasteiger partial charge is 0.244 e. The highest BCUT2D eigenvalue weighted by Crippen LogP contribution is 2.27. The number of nitrogens with zero attached hydrogens (tertiary/aromatic N) is 2. The minimum atomic E-state index is -3.74. The minimum absolute atomic E-state index is 0.194. The number of sulfonamides is 1. The van der Waals surface area contributed by atoms with E-state index in [1.54, 1.807) is 6.92 Å². The van der Waals surface area contributed by atoms with Crippen molar-refractivity contribution in [1.82, 2.24) is 10.2 Å². The number of likely N-dealkylation sites (N-methyl/N-ethyl adjacent to an activating group) is 1. The van der Waals surface area contributed by atoms with Crippen molar-refractivity contribution in [3.8, 4) is 0 Å². The largest absolute Gasteiger partial charge is 0.357 e. The van der Waals surface area contributed by atoms with Crippen LogP contribution in [-0.2, 0) is 26.2 Å². The van der Waals surface area contributed by atoms with Gasteiger partial charge in [-0.3, -0.25) is 13.9 Å². The van der Waals surface area contributed by atoms with Gasteiger partial charge in [0, 0.05) is 13.6 Å². The molecule has 0 aliphatic rings. The highest BCUT2D eigenvalue weighted by molar-refractivity contribution is 7.92. The molecule has 168 valence electrons. The van der Waals surface area contributed by atoms with Gasteiger partial charge in [-0.05, 0) is 44.4 Å². The molecule has 0 fully saturated rings. The third-order valence-electron chi connectivity index (χ3n) is 5.22. The Morgan fingerprint density at radius 2 is 1.61 bits per heavy atom. The summed E-state index contributed by atoms with van der Waals surface area (Å²) in [6, 6.07) is 12.3. The van der Waals surface area contributed by atoms with Gasteiger partial charge in [0.15, 0.2) is 0 Å². The summed E-state index contributed by atoms with van der Waals surface area (Å²) in [7, 11) is -2.23. The zero-order valence-electron chi connectivity index (χ0n) is 19.0. The van der Waals surface area contributed by atoms with Crippen LogP contribution >= 0.6 is 0 Å². The van der Waals surface area contributed by atoms with Gasteiger partial charge in [-0.1, -0.05) is 48.0 Å². The summed E-state index contributed by atoms with van der Waals surface area (Å²) < 4.78 is 26.4. The van der Waals surface area contributed by atoms with Crippen LogP contribution in [0.25, 0.3) is 0 Å². The van der Waals surface area contributed by atoms with E-state index >= 15 is 0 Å². The number of amides is 2. The van der Waals surface area contributed by atoms with E-state index in [2.05, 4.69) is 5.32 Å². The summed E-state index contributed by atoms with van der Waals surface area (Å²) in [5.74, 6) is -0.773. The van der Waals surface area contributed by atoms with Gasteiger partial charge in [0.1, 0.15) is 12.6 Å². The summed E-state index contributed by atoms with van der Waals surface area (Å²) in [5, 5.41) is 2.57. The lowest BCUT2D eigenvalue weighted by atomic mass is 10.1. The topological polar surface area (TPSA) is 86.8 Å². The molecule has 0 heterocycles. The zero-order valence-corrected chi connectivity index (χ0v) is 19.8. The molecule has 0 saturated heterocycles. The molecule has 0 spiro atoms. The number of para-hydroxylation sites is 1. The summed E-state index contributed by atoms with van der Waals surface area (Å²) in [6.07, 6.45) is 1.08. The first-order chi connectivity index (χ1) is 14.5. The number of carbonyl (C=O) groups is 2. The number of carbonyl (C=O) groups excluding carboxylic acids is 2. The second kappa shape index (κ2) is 9.96. The van der Waals surface area contributed by atoms with E-state index in [-0.39, 0.29) is 12.5 Å². The number of benzene rings is 2. The molecule has 0 aliphatic heterocycles. The quantitative estimate of drug-likeness (QED) is 0.677. The van der Waals surface area contributed by atoms with Gasteiger partial charge >= 0.3 is 0 Å². The molecule has 2 aromatic carbocycles. The van der Waals surface area contributed by atoms with Crippen LogP contribution < -0.4 is 9.62 Å². The molecule has 0 bridgehead atoms. The Balaban J connectivity index is 2.45. The number of nitrogens with one attached hydrogen (secondary N) is 1. The van der Waals surface area contributed by atoms with Crippen LogP contribution in [-0.4, -0.2) is 51.0 Å². The molecule has 1 N–H and O–H groups in total. The van der Waals surface area contributed by atoms with E-state index in [4.69, 9.17) is 0 Å². The third-order valence-corrected chi connectivity index (χ3v) is 6.33. The van der Waals surface area contributed by atoms with E-state index in [0.717, 1.165) is 32.8 Å². The van der Waals surface area contributed by atoms with Gasteiger partial charge in [0.05, 0.1) is 11.9 Å². The molecule has 7 nitrogen and oxygen atoms in total. The van der Waals surface area contributed by atoms with Crippen molar-refractivity contribution in [2.24, 2.45) is 0 Å². The first-order valence-electron chi connectivity index (χ1n) is 10.1. The summed E-state index contributed by atoms with van der Waals surface area (Å²) in [4.78, 5) is 27.1. The lowest BCUT2D eigenvalue weighted by molar-refractivity contribution is -0.139. The van der Waals surface area contributed by atoms with Gasteiger partial charge in [0.2, 0.25) is 21.8 Å². The van der Waals surface area contributed by atoms with Crippen LogP contribution in [0.5, 0.6) is 0 Å². The molecule has 0 aromatic heterocycles. The maximum absolute atomic E-state index is 13.4. The SMILES string of the molecule is CNC(=O)C(C)N(Cc1cccc(C)c1)C(=O)CN(c1c(C)cccc1C)S(C)(=O)=O.